The van der Waals surface area contributed by atoms with Gasteiger partial charge in [0.05, 0.1) is 0 Å². The molecule has 0 fully saturated rings. The summed E-state index contributed by atoms with van der Waals surface area (Å²) in [7, 11) is 0. The SMILES string of the molecule is O=C([O-])[O-].[Ag].[Na+].[Na+]. The Bertz CT molecular complexity index is 35.9. The van der Waals surface area contributed by atoms with Crippen molar-refractivity contribution in [2.75, 3.05) is 0 Å². The summed E-state index contributed by atoms with van der Waals surface area (Å²) in [6.45, 7) is 0. The number of rotatable bonds is 0. The molecule has 0 saturated carbocycles. The molecule has 0 atom stereocenters. The molecule has 35 valence electrons. The van der Waals surface area contributed by atoms with E-state index < -0.39 is 6.16 Å². The Labute approximate surface area is 101 Å². The molecule has 0 aromatic carbocycles. The van der Waals surface area contributed by atoms with Crippen LogP contribution in [0.25, 0.3) is 0 Å². The Kier molecular flexibility index (Phi) is 51.6. The fourth-order valence-electron chi connectivity index (χ4n) is 0. The topological polar surface area (TPSA) is 63.2 Å². The quantitative estimate of drug-likeness (QED) is 0.376. The zero-order valence-corrected chi connectivity index (χ0v) is 9.51. The van der Waals surface area contributed by atoms with Crippen molar-refractivity contribution in [3.05, 3.63) is 0 Å². The normalized spacial score (nSPS) is 3.43. The van der Waals surface area contributed by atoms with Gasteiger partial charge in [-0.05, 0) is 6.16 Å². The standard InChI is InChI=1S/CH2O3.Ag.2Na/c2-1(3)4;;;/h(H2,2,3,4);;;/q;;2*+1/p-2. The van der Waals surface area contributed by atoms with E-state index in [1.54, 1.807) is 0 Å². The molecule has 0 aliphatic carbocycles. The fraction of sp³-hybridized carbons (Fsp3) is 0. The molecule has 0 unspecified atom stereocenters. The third-order valence-corrected chi connectivity index (χ3v) is 0. The predicted octanol–water partition coefficient (Wildman–Crippen LogP) is -8.44. The predicted molar refractivity (Wildman–Crippen MR) is 5.40 cm³/mol. The van der Waals surface area contributed by atoms with Gasteiger partial charge in [0.15, 0.2) is 0 Å². The number of carbonyl (C=O) groups excluding carboxylic acids is 1. The van der Waals surface area contributed by atoms with Crippen LogP contribution in [0.1, 0.15) is 0 Å². The van der Waals surface area contributed by atoms with Crippen molar-refractivity contribution < 1.29 is 96.5 Å². The molecule has 0 aliphatic heterocycles. The van der Waals surface area contributed by atoms with Crippen LogP contribution in [0, 0.1) is 0 Å². The van der Waals surface area contributed by atoms with Crippen molar-refractivity contribution >= 4 is 6.16 Å². The first kappa shape index (κ1) is 23.0. The summed E-state index contributed by atoms with van der Waals surface area (Å²) >= 11 is 0. The molecule has 0 amide bonds. The van der Waals surface area contributed by atoms with Gasteiger partial charge in [0.25, 0.3) is 0 Å². The van der Waals surface area contributed by atoms with Crippen LogP contribution in [0.2, 0.25) is 0 Å². The van der Waals surface area contributed by atoms with Crippen molar-refractivity contribution in [2.24, 2.45) is 0 Å². The maximum absolute atomic E-state index is 8.33. The summed E-state index contributed by atoms with van der Waals surface area (Å²) < 4.78 is 0. The third kappa shape index (κ3) is 71.6. The van der Waals surface area contributed by atoms with Gasteiger partial charge in [-0.3, -0.25) is 0 Å². The van der Waals surface area contributed by atoms with Crippen LogP contribution in [-0.4, -0.2) is 6.16 Å². The number of hydrogen-bond acceptors (Lipinski definition) is 3. The number of hydrogen-bond donors (Lipinski definition) is 0. The van der Waals surface area contributed by atoms with Crippen LogP contribution in [0.5, 0.6) is 0 Å². The minimum absolute atomic E-state index is 0. The van der Waals surface area contributed by atoms with Crippen LogP contribution < -0.4 is 69.3 Å². The van der Waals surface area contributed by atoms with Gasteiger partial charge in [-0.1, -0.05) is 0 Å². The van der Waals surface area contributed by atoms with E-state index in [9.17, 15) is 0 Å². The monoisotopic (exact) mass is 213 g/mol. The molecule has 0 saturated heterocycles. The molecule has 0 aromatic heterocycles. The average Bonchev–Trinajstić information content (AvgIpc) is 0.811. The molecule has 7 heavy (non-hydrogen) atoms. The van der Waals surface area contributed by atoms with Gasteiger partial charge in [-0.2, -0.15) is 0 Å². The van der Waals surface area contributed by atoms with E-state index in [2.05, 4.69) is 0 Å². The summed E-state index contributed by atoms with van der Waals surface area (Å²) in [4.78, 5) is 8.33. The Morgan fingerprint density at radius 1 is 1.14 bits per heavy atom. The summed E-state index contributed by atoms with van der Waals surface area (Å²) in [5.74, 6) is 0. The largest absolute Gasteiger partial charge is 1.00 e. The van der Waals surface area contributed by atoms with Crippen LogP contribution in [0.15, 0.2) is 0 Å². The maximum atomic E-state index is 8.33. The first-order chi connectivity index (χ1) is 1.73. The molecular formula is CAgNa2O3. The summed E-state index contributed by atoms with van der Waals surface area (Å²) in [5.41, 5.74) is 0. The zero-order valence-electron chi connectivity index (χ0n) is 4.03. The Balaban J connectivity index is -0.0000000150. The van der Waals surface area contributed by atoms with Crippen LogP contribution >= 0.6 is 0 Å². The van der Waals surface area contributed by atoms with Crippen molar-refractivity contribution in [3.8, 4) is 0 Å². The average molecular weight is 214 g/mol. The van der Waals surface area contributed by atoms with Gasteiger partial charge < -0.3 is 15.0 Å². The molecule has 0 aliphatic rings. The zero-order chi connectivity index (χ0) is 3.58. The first-order valence-electron chi connectivity index (χ1n) is 0.612. The van der Waals surface area contributed by atoms with Crippen LogP contribution in [-0.2, 0) is 22.4 Å². The third-order valence-electron chi connectivity index (χ3n) is 0. The Morgan fingerprint density at radius 2 is 1.14 bits per heavy atom. The second kappa shape index (κ2) is 15.7. The summed E-state index contributed by atoms with van der Waals surface area (Å²) in [6, 6.07) is 0. The van der Waals surface area contributed by atoms with E-state index in [1.165, 1.54) is 0 Å². The van der Waals surface area contributed by atoms with Crippen molar-refractivity contribution in [2.45, 2.75) is 0 Å². The minimum atomic E-state index is -2.33. The van der Waals surface area contributed by atoms with E-state index in [0.29, 0.717) is 0 Å². The van der Waals surface area contributed by atoms with E-state index in [1.807, 2.05) is 0 Å². The molecule has 0 heterocycles. The van der Waals surface area contributed by atoms with Crippen molar-refractivity contribution in [1.82, 2.24) is 0 Å². The van der Waals surface area contributed by atoms with Gasteiger partial charge in [0.1, 0.15) is 0 Å². The van der Waals surface area contributed by atoms with E-state index in [0.717, 1.165) is 0 Å². The van der Waals surface area contributed by atoms with Gasteiger partial charge in [-0.25, -0.2) is 0 Å². The molecule has 0 N–H and O–H groups in total. The number of carbonyl (C=O) groups is 1. The molecule has 1 radical (unpaired) electrons. The maximum Gasteiger partial charge on any atom is 1.00 e. The van der Waals surface area contributed by atoms with Gasteiger partial charge in [0, 0.05) is 22.4 Å². The second-order valence-electron chi connectivity index (χ2n) is 0.250. The van der Waals surface area contributed by atoms with E-state index >= 15 is 0 Å². The number of carboxylic acid groups (broad SMARTS) is 2. The molecule has 0 rings (SSSR count). The molecular weight excluding hydrogens is 214 g/mol. The molecule has 6 heteroatoms. The summed E-state index contributed by atoms with van der Waals surface area (Å²) in [5, 5.41) is 16.7. The van der Waals surface area contributed by atoms with E-state index in [-0.39, 0.29) is 81.5 Å². The molecule has 3 nitrogen and oxygen atoms in total. The smallest absolute Gasteiger partial charge is 0.652 e. The first-order valence-corrected chi connectivity index (χ1v) is 0.612. The fourth-order valence-corrected chi connectivity index (χ4v) is 0. The second-order valence-corrected chi connectivity index (χ2v) is 0.250. The van der Waals surface area contributed by atoms with Crippen molar-refractivity contribution in [1.29, 1.82) is 0 Å². The van der Waals surface area contributed by atoms with E-state index in [4.69, 9.17) is 15.0 Å². The van der Waals surface area contributed by atoms with Gasteiger partial charge in [-0.15, -0.1) is 0 Å². The van der Waals surface area contributed by atoms with Crippen molar-refractivity contribution in [3.63, 3.8) is 0 Å². The van der Waals surface area contributed by atoms with Crippen LogP contribution in [0.4, 0.5) is 4.79 Å². The molecule has 0 spiro atoms. The Hall–Kier alpha value is 2.01. The molecule has 0 bridgehead atoms. The molecule has 0 aromatic rings. The summed E-state index contributed by atoms with van der Waals surface area (Å²) in [6.07, 6.45) is -2.33. The Morgan fingerprint density at radius 3 is 1.14 bits per heavy atom. The van der Waals surface area contributed by atoms with Gasteiger partial charge in [0.2, 0.25) is 0 Å². The van der Waals surface area contributed by atoms with Gasteiger partial charge >= 0.3 is 59.1 Å². The minimum Gasteiger partial charge on any atom is -0.652 e. The van der Waals surface area contributed by atoms with Crippen LogP contribution in [0.3, 0.4) is 0 Å².